The quantitative estimate of drug-likeness (QED) is 0.223. The van der Waals surface area contributed by atoms with Crippen LogP contribution in [0.15, 0.2) is 115 Å². The maximum absolute atomic E-state index is 2.46. The van der Waals surface area contributed by atoms with Crippen LogP contribution in [0, 0.1) is 0 Å². The second-order valence-corrected chi connectivity index (χ2v) is 10.8. The molecule has 0 N–H and O–H groups in total. The van der Waals surface area contributed by atoms with E-state index in [1.165, 1.54) is 80.2 Å². The van der Waals surface area contributed by atoms with E-state index in [1.807, 2.05) is 11.3 Å². The molecule has 3 aromatic heterocycles. The number of hydrogen-bond donors (Lipinski definition) is 0. The normalized spacial score (nSPS) is 12.4. The lowest BCUT2D eigenvalue weighted by Crippen LogP contribution is -1.81. The molecule has 6 aromatic carbocycles. The van der Waals surface area contributed by atoms with Crippen LogP contribution in [0.1, 0.15) is 0 Å². The Bertz CT molecular complexity index is 2310. The van der Waals surface area contributed by atoms with E-state index < -0.39 is 0 Å². The first kappa shape index (κ1) is 18.9. The maximum Gasteiger partial charge on any atom is 0.0626 e. The van der Waals surface area contributed by atoms with E-state index in [4.69, 9.17) is 0 Å². The summed E-state index contributed by atoms with van der Waals surface area (Å²) in [4.78, 5) is 0. The lowest BCUT2D eigenvalue weighted by atomic mass is 9.96. The van der Waals surface area contributed by atoms with Gasteiger partial charge in [0.25, 0.3) is 0 Å². The Morgan fingerprint density at radius 2 is 1.22 bits per heavy atom. The van der Waals surface area contributed by atoms with Crippen LogP contribution in [0.4, 0.5) is 0 Å². The lowest BCUT2D eigenvalue weighted by Gasteiger charge is -2.07. The summed E-state index contributed by atoms with van der Waals surface area (Å²) in [6.07, 6.45) is 0. The molecule has 0 spiro atoms. The number of hydrogen-bond acceptors (Lipinski definition) is 1. The van der Waals surface area contributed by atoms with Crippen molar-refractivity contribution in [3.05, 3.63) is 115 Å². The Morgan fingerprint density at radius 3 is 2.11 bits per heavy atom. The SMILES string of the molecule is c1ccc2c(c1)ccc1c3cc(-c4ccc5c6ccccc6n6c7ccccc7c4c56)ccc3sc21. The van der Waals surface area contributed by atoms with Crippen molar-refractivity contribution in [1.29, 1.82) is 0 Å². The molecule has 0 unspecified atom stereocenters. The molecule has 9 rings (SSSR count). The number of nitrogens with zero attached hydrogens (tertiary/aromatic N) is 1. The summed E-state index contributed by atoms with van der Waals surface area (Å²) in [5.74, 6) is 0. The molecular weight excluding hydrogens is 454 g/mol. The van der Waals surface area contributed by atoms with Gasteiger partial charge in [0.15, 0.2) is 0 Å². The summed E-state index contributed by atoms with van der Waals surface area (Å²) < 4.78 is 5.19. The third-order valence-electron chi connectivity index (χ3n) is 7.92. The zero-order valence-corrected chi connectivity index (χ0v) is 20.1. The second kappa shape index (κ2) is 6.63. The molecule has 9 aromatic rings. The highest BCUT2D eigenvalue weighted by Crippen LogP contribution is 2.45. The molecule has 0 saturated heterocycles. The van der Waals surface area contributed by atoms with Gasteiger partial charge in [0.05, 0.1) is 16.6 Å². The van der Waals surface area contributed by atoms with Crippen LogP contribution in [0.3, 0.4) is 0 Å². The first-order chi connectivity index (χ1) is 17.9. The predicted molar refractivity (Wildman–Crippen MR) is 157 cm³/mol. The highest BCUT2D eigenvalue weighted by atomic mass is 32.1. The minimum Gasteiger partial charge on any atom is -0.308 e. The van der Waals surface area contributed by atoms with Crippen molar-refractivity contribution in [1.82, 2.24) is 4.40 Å². The average Bonchev–Trinajstić information content (AvgIpc) is 3.59. The number of rotatable bonds is 1. The summed E-state index contributed by atoms with van der Waals surface area (Å²) in [7, 11) is 0. The lowest BCUT2D eigenvalue weighted by molar-refractivity contribution is 1.37. The van der Waals surface area contributed by atoms with Crippen molar-refractivity contribution in [2.45, 2.75) is 0 Å². The van der Waals surface area contributed by atoms with Gasteiger partial charge in [0.2, 0.25) is 0 Å². The fraction of sp³-hybridized carbons (Fsp3) is 0. The molecule has 0 amide bonds. The Hall–Kier alpha value is -4.40. The number of fused-ring (bicyclic) bond motifs is 11. The third-order valence-corrected chi connectivity index (χ3v) is 9.14. The van der Waals surface area contributed by atoms with E-state index in [9.17, 15) is 0 Å². The topological polar surface area (TPSA) is 4.41 Å². The van der Waals surface area contributed by atoms with E-state index in [1.54, 1.807) is 0 Å². The van der Waals surface area contributed by atoms with Gasteiger partial charge in [-0.2, -0.15) is 0 Å². The fourth-order valence-electron chi connectivity index (χ4n) is 6.37. The molecule has 0 radical (unpaired) electrons. The monoisotopic (exact) mass is 473 g/mol. The molecule has 0 saturated carbocycles. The Kier molecular flexibility index (Phi) is 3.47. The van der Waals surface area contributed by atoms with Crippen molar-refractivity contribution >= 4 is 80.4 Å². The van der Waals surface area contributed by atoms with Crippen molar-refractivity contribution < 1.29 is 0 Å². The molecule has 0 aliphatic carbocycles. The molecule has 0 atom stereocenters. The van der Waals surface area contributed by atoms with Crippen LogP contribution in [0.25, 0.3) is 80.2 Å². The van der Waals surface area contributed by atoms with Crippen LogP contribution in [0.5, 0.6) is 0 Å². The number of benzene rings is 6. The van der Waals surface area contributed by atoms with Gasteiger partial charge < -0.3 is 4.40 Å². The van der Waals surface area contributed by atoms with Gasteiger partial charge in [-0.1, -0.05) is 91.0 Å². The maximum atomic E-state index is 2.46. The van der Waals surface area contributed by atoms with E-state index in [2.05, 4.69) is 120 Å². The van der Waals surface area contributed by atoms with Gasteiger partial charge >= 0.3 is 0 Å². The third kappa shape index (κ3) is 2.26. The first-order valence-corrected chi connectivity index (χ1v) is 13.2. The predicted octanol–water partition coefficient (Wildman–Crippen LogP) is 10.0. The summed E-state index contributed by atoms with van der Waals surface area (Å²) in [6, 6.07) is 42.6. The molecule has 1 nitrogen and oxygen atoms in total. The van der Waals surface area contributed by atoms with Crippen molar-refractivity contribution in [2.75, 3.05) is 0 Å². The van der Waals surface area contributed by atoms with Gasteiger partial charge in [-0.05, 0) is 46.2 Å². The van der Waals surface area contributed by atoms with Gasteiger partial charge in [0.1, 0.15) is 0 Å². The molecule has 0 aliphatic heterocycles. The second-order valence-electron chi connectivity index (χ2n) is 9.73. The average molecular weight is 474 g/mol. The smallest absolute Gasteiger partial charge is 0.0626 e. The molecule has 36 heavy (non-hydrogen) atoms. The van der Waals surface area contributed by atoms with Crippen molar-refractivity contribution in [3.8, 4) is 11.1 Å². The number of aromatic nitrogens is 1. The van der Waals surface area contributed by atoms with Gasteiger partial charge in [0, 0.05) is 41.7 Å². The summed E-state index contributed by atoms with van der Waals surface area (Å²) in [6.45, 7) is 0. The fourth-order valence-corrected chi connectivity index (χ4v) is 7.59. The molecule has 166 valence electrons. The van der Waals surface area contributed by atoms with Crippen molar-refractivity contribution in [3.63, 3.8) is 0 Å². The standard InChI is InChI=1S/C34H19NS/c1-2-8-23-20(7-1)13-15-26-28-19-21(14-18-31(28)36-34(23)26)22-16-17-25-24-9-3-5-11-29(24)35-30-12-6-4-10-27(30)32(22)33(25)35/h1-19H. The van der Waals surface area contributed by atoms with E-state index >= 15 is 0 Å². The van der Waals surface area contributed by atoms with Crippen LogP contribution in [-0.4, -0.2) is 4.40 Å². The number of thiophene rings is 1. The zero-order valence-electron chi connectivity index (χ0n) is 19.3. The molecule has 3 heterocycles. The summed E-state index contributed by atoms with van der Waals surface area (Å²) in [5.41, 5.74) is 6.47. The Balaban J connectivity index is 1.41. The Labute approximate surface area is 210 Å². The number of para-hydroxylation sites is 2. The Morgan fingerprint density at radius 1 is 0.500 bits per heavy atom. The minimum absolute atomic E-state index is 1.28. The minimum atomic E-state index is 1.28. The van der Waals surface area contributed by atoms with Gasteiger partial charge in [-0.3, -0.25) is 0 Å². The zero-order chi connectivity index (χ0) is 23.4. The highest BCUT2D eigenvalue weighted by molar-refractivity contribution is 7.26. The molecule has 0 aliphatic rings. The van der Waals surface area contributed by atoms with Crippen LogP contribution in [-0.2, 0) is 0 Å². The van der Waals surface area contributed by atoms with Gasteiger partial charge in [-0.15, -0.1) is 11.3 Å². The molecule has 0 bridgehead atoms. The van der Waals surface area contributed by atoms with E-state index in [-0.39, 0.29) is 0 Å². The van der Waals surface area contributed by atoms with Gasteiger partial charge in [-0.25, -0.2) is 0 Å². The van der Waals surface area contributed by atoms with Crippen molar-refractivity contribution in [2.24, 2.45) is 0 Å². The first-order valence-electron chi connectivity index (χ1n) is 12.4. The van der Waals surface area contributed by atoms with Crippen LogP contribution in [0.2, 0.25) is 0 Å². The molecule has 0 fully saturated rings. The largest absolute Gasteiger partial charge is 0.308 e. The van der Waals surface area contributed by atoms with E-state index in [0.717, 1.165) is 0 Å². The molecular formula is C34H19NS. The highest BCUT2D eigenvalue weighted by Gasteiger charge is 2.20. The molecule has 2 heteroatoms. The summed E-state index contributed by atoms with van der Waals surface area (Å²) >= 11 is 1.91. The van der Waals surface area contributed by atoms with Crippen LogP contribution >= 0.6 is 11.3 Å². The van der Waals surface area contributed by atoms with E-state index in [0.29, 0.717) is 0 Å². The van der Waals surface area contributed by atoms with Crippen LogP contribution < -0.4 is 0 Å². The summed E-state index contributed by atoms with van der Waals surface area (Å²) in [5, 5.41) is 10.7.